The average Bonchev–Trinajstić information content (AvgIpc) is 3.08. The van der Waals surface area contributed by atoms with Crippen molar-refractivity contribution in [2.24, 2.45) is 11.7 Å². The number of unbranched alkanes of at least 4 members (excludes halogenated alkanes) is 10. The number of aliphatic hydroxyl groups excluding tert-OH is 1. The Bertz CT molecular complexity index is 397. The molecule has 1 unspecified atom stereocenters. The third kappa shape index (κ3) is 10.2. The summed E-state index contributed by atoms with van der Waals surface area (Å²) in [7, 11) is 0. The maximum atomic E-state index is 9.53. The van der Waals surface area contributed by atoms with E-state index in [1.807, 2.05) is 0 Å². The molecular weight excluding hydrogens is 346 g/mol. The molecule has 0 aromatic rings. The SMILES string of the molecule is CCCCCCCCCC(CCCCCCC)C1=[N+](CCN)CCN1CCO. The van der Waals surface area contributed by atoms with Gasteiger partial charge in [-0.2, -0.15) is 0 Å². The van der Waals surface area contributed by atoms with Gasteiger partial charge >= 0.3 is 0 Å². The van der Waals surface area contributed by atoms with Crippen LogP contribution in [-0.4, -0.2) is 59.7 Å². The van der Waals surface area contributed by atoms with Gasteiger partial charge in [0, 0.05) is 6.54 Å². The monoisotopic (exact) mass is 396 g/mol. The second-order valence-corrected chi connectivity index (χ2v) is 8.65. The van der Waals surface area contributed by atoms with E-state index in [0.29, 0.717) is 5.92 Å². The fraction of sp³-hybridized carbons (Fsp3) is 0.958. The third-order valence-electron chi connectivity index (χ3n) is 6.23. The molecule has 166 valence electrons. The summed E-state index contributed by atoms with van der Waals surface area (Å²) in [6, 6.07) is 0. The van der Waals surface area contributed by atoms with Crippen LogP contribution in [0.25, 0.3) is 0 Å². The summed E-state index contributed by atoms with van der Waals surface area (Å²) in [5.74, 6) is 2.15. The van der Waals surface area contributed by atoms with Crippen molar-refractivity contribution in [3.8, 4) is 0 Å². The Labute approximate surface area is 175 Å². The number of β-amino-alcohol motifs (C(OH)–C–C–N with tert-alkyl or cyclic N) is 1. The largest absolute Gasteiger partial charge is 0.392 e. The van der Waals surface area contributed by atoms with Gasteiger partial charge in [-0.1, -0.05) is 90.9 Å². The zero-order valence-electron chi connectivity index (χ0n) is 19.1. The summed E-state index contributed by atoms with van der Waals surface area (Å²) < 4.78 is 2.52. The average molecular weight is 397 g/mol. The number of rotatable bonds is 19. The molecule has 4 heteroatoms. The number of nitrogens with zero attached hydrogens (tertiary/aromatic N) is 2. The van der Waals surface area contributed by atoms with Crippen LogP contribution >= 0.6 is 0 Å². The lowest BCUT2D eigenvalue weighted by atomic mass is 9.92. The molecule has 1 aliphatic heterocycles. The summed E-state index contributed by atoms with van der Waals surface area (Å²) >= 11 is 0. The van der Waals surface area contributed by atoms with Crippen molar-refractivity contribution in [3.63, 3.8) is 0 Å². The minimum Gasteiger partial charge on any atom is -0.392 e. The van der Waals surface area contributed by atoms with E-state index in [0.717, 1.165) is 32.7 Å². The van der Waals surface area contributed by atoms with E-state index in [2.05, 4.69) is 23.3 Å². The second kappa shape index (κ2) is 17.3. The fourth-order valence-electron chi connectivity index (χ4n) is 4.66. The van der Waals surface area contributed by atoms with Crippen molar-refractivity contribution in [1.82, 2.24) is 4.90 Å². The Balaban J connectivity index is 2.61. The zero-order valence-corrected chi connectivity index (χ0v) is 19.1. The first-order valence-corrected chi connectivity index (χ1v) is 12.5. The van der Waals surface area contributed by atoms with Gasteiger partial charge in [0.05, 0.1) is 19.1 Å². The Hall–Kier alpha value is -0.610. The van der Waals surface area contributed by atoms with Crippen LogP contribution in [0.2, 0.25) is 0 Å². The molecule has 1 heterocycles. The van der Waals surface area contributed by atoms with Crippen LogP contribution in [0.5, 0.6) is 0 Å². The van der Waals surface area contributed by atoms with Gasteiger partial charge in [0.25, 0.3) is 0 Å². The highest BCUT2D eigenvalue weighted by molar-refractivity contribution is 5.81. The van der Waals surface area contributed by atoms with Crippen LogP contribution in [0.15, 0.2) is 0 Å². The predicted molar refractivity (Wildman–Crippen MR) is 122 cm³/mol. The molecular formula is C24H50N3O+. The first kappa shape index (κ1) is 25.4. The van der Waals surface area contributed by atoms with E-state index in [4.69, 9.17) is 5.73 Å². The van der Waals surface area contributed by atoms with Crippen LogP contribution < -0.4 is 5.73 Å². The molecule has 0 aromatic heterocycles. The Morgan fingerprint density at radius 1 is 0.893 bits per heavy atom. The molecule has 0 fully saturated rings. The van der Waals surface area contributed by atoms with Crippen LogP contribution in [-0.2, 0) is 0 Å². The van der Waals surface area contributed by atoms with E-state index in [1.54, 1.807) is 0 Å². The van der Waals surface area contributed by atoms with E-state index < -0.39 is 0 Å². The van der Waals surface area contributed by atoms with E-state index in [-0.39, 0.29) is 6.61 Å². The molecule has 1 atom stereocenters. The van der Waals surface area contributed by atoms with Crippen LogP contribution in [0.3, 0.4) is 0 Å². The molecule has 0 saturated carbocycles. The quantitative estimate of drug-likeness (QED) is 0.244. The first-order valence-electron chi connectivity index (χ1n) is 12.5. The Morgan fingerprint density at radius 2 is 1.43 bits per heavy atom. The van der Waals surface area contributed by atoms with Crippen molar-refractivity contribution < 1.29 is 9.68 Å². The molecule has 1 rings (SSSR count). The molecule has 0 aliphatic carbocycles. The van der Waals surface area contributed by atoms with Crippen molar-refractivity contribution in [3.05, 3.63) is 0 Å². The normalized spacial score (nSPS) is 15.6. The van der Waals surface area contributed by atoms with E-state index >= 15 is 0 Å². The van der Waals surface area contributed by atoms with Gasteiger partial charge in [-0.25, -0.2) is 0 Å². The number of hydrogen-bond donors (Lipinski definition) is 2. The summed E-state index contributed by atoms with van der Waals surface area (Å²) in [4.78, 5) is 2.45. The third-order valence-corrected chi connectivity index (χ3v) is 6.23. The summed E-state index contributed by atoms with van der Waals surface area (Å²) in [6.45, 7) is 9.41. The second-order valence-electron chi connectivity index (χ2n) is 8.65. The number of nitrogens with two attached hydrogens (primary N) is 1. The van der Waals surface area contributed by atoms with Gasteiger partial charge in [-0.3, -0.25) is 9.48 Å². The highest BCUT2D eigenvalue weighted by Gasteiger charge is 2.35. The lowest BCUT2D eigenvalue weighted by Crippen LogP contribution is -2.38. The van der Waals surface area contributed by atoms with Crippen LogP contribution in [0.1, 0.15) is 104 Å². The Morgan fingerprint density at radius 3 is 1.93 bits per heavy atom. The summed E-state index contributed by atoms with van der Waals surface area (Å²) in [5, 5.41) is 9.53. The molecule has 28 heavy (non-hydrogen) atoms. The highest BCUT2D eigenvalue weighted by atomic mass is 16.3. The maximum Gasteiger partial charge on any atom is 0.250 e. The lowest BCUT2D eigenvalue weighted by Gasteiger charge is -2.21. The number of hydrogen-bond acceptors (Lipinski definition) is 3. The van der Waals surface area contributed by atoms with Crippen LogP contribution in [0, 0.1) is 5.92 Å². The van der Waals surface area contributed by atoms with Gasteiger partial charge in [0.15, 0.2) is 0 Å². The molecule has 0 saturated heterocycles. The summed E-state index contributed by atoms with van der Waals surface area (Å²) in [5.41, 5.74) is 5.90. The van der Waals surface area contributed by atoms with Gasteiger partial charge in [-0.05, 0) is 12.8 Å². The Kier molecular flexibility index (Phi) is 15.7. The number of amidine groups is 1. The minimum absolute atomic E-state index is 0.251. The molecule has 3 N–H and O–H groups in total. The topological polar surface area (TPSA) is 52.5 Å². The van der Waals surface area contributed by atoms with Crippen molar-refractivity contribution in [2.75, 3.05) is 39.3 Å². The molecule has 0 amide bonds. The predicted octanol–water partition coefficient (Wildman–Crippen LogP) is 4.78. The molecule has 4 nitrogen and oxygen atoms in total. The minimum atomic E-state index is 0.251. The van der Waals surface area contributed by atoms with Crippen LogP contribution in [0.4, 0.5) is 0 Å². The molecule has 0 spiro atoms. The van der Waals surface area contributed by atoms with Crippen molar-refractivity contribution in [2.45, 2.75) is 104 Å². The zero-order chi connectivity index (χ0) is 20.5. The number of aliphatic hydroxyl groups is 1. The van der Waals surface area contributed by atoms with Gasteiger partial charge < -0.3 is 10.8 Å². The van der Waals surface area contributed by atoms with Crippen molar-refractivity contribution in [1.29, 1.82) is 0 Å². The smallest absolute Gasteiger partial charge is 0.250 e. The standard InChI is InChI=1S/C24H50N3O/c1-3-5-7-9-10-12-14-16-23(15-13-11-8-6-4-2)24-26(18-17-25)19-20-27(24)21-22-28/h23,28H,3-22,25H2,1-2H3/q+1. The van der Waals surface area contributed by atoms with Gasteiger partial charge in [0.2, 0.25) is 5.84 Å². The van der Waals surface area contributed by atoms with E-state index in [9.17, 15) is 5.11 Å². The highest BCUT2D eigenvalue weighted by Crippen LogP contribution is 2.24. The first-order chi connectivity index (χ1) is 13.8. The molecule has 1 aliphatic rings. The van der Waals surface area contributed by atoms with Gasteiger partial charge in [-0.15, -0.1) is 0 Å². The molecule has 0 bridgehead atoms. The van der Waals surface area contributed by atoms with Crippen molar-refractivity contribution >= 4 is 5.84 Å². The van der Waals surface area contributed by atoms with E-state index in [1.165, 1.54) is 95.7 Å². The summed E-state index contributed by atoms with van der Waals surface area (Å²) in [6.07, 6.45) is 19.0. The van der Waals surface area contributed by atoms with Gasteiger partial charge in [0.1, 0.15) is 19.6 Å². The molecule has 0 radical (unpaired) electrons. The lowest BCUT2D eigenvalue weighted by molar-refractivity contribution is -0.517. The maximum absolute atomic E-state index is 9.53. The fourth-order valence-corrected chi connectivity index (χ4v) is 4.66. The molecule has 0 aromatic carbocycles.